The Bertz CT molecular complexity index is 627. The number of anilines is 1. The molecule has 3 rings (SSSR count). The summed E-state index contributed by atoms with van der Waals surface area (Å²) in [4.78, 5) is 26.6. The highest BCUT2D eigenvalue weighted by atomic mass is 35.5. The van der Waals surface area contributed by atoms with Crippen molar-refractivity contribution in [2.75, 3.05) is 38.8 Å². The predicted octanol–water partition coefficient (Wildman–Crippen LogP) is 1.35. The quantitative estimate of drug-likeness (QED) is 0.802. The first-order valence-corrected chi connectivity index (χ1v) is 8.65. The van der Waals surface area contributed by atoms with Crippen LogP contribution in [-0.2, 0) is 9.59 Å². The highest BCUT2D eigenvalue weighted by Crippen LogP contribution is 2.32. The van der Waals surface area contributed by atoms with Crippen molar-refractivity contribution in [3.8, 4) is 11.5 Å². The van der Waals surface area contributed by atoms with Crippen molar-refractivity contribution in [3.63, 3.8) is 0 Å². The van der Waals surface area contributed by atoms with E-state index in [1.807, 2.05) is 0 Å². The Labute approximate surface area is 159 Å². The Morgan fingerprint density at radius 2 is 1.77 bits per heavy atom. The molecule has 1 aromatic rings. The third-order valence-electron chi connectivity index (χ3n) is 4.83. The number of ether oxygens (including phenoxy) is 2. The summed E-state index contributed by atoms with van der Waals surface area (Å²) in [5.41, 5.74) is 0.693. The van der Waals surface area contributed by atoms with E-state index in [2.05, 4.69) is 10.6 Å². The summed E-state index contributed by atoms with van der Waals surface area (Å²) < 4.78 is 10.5. The fourth-order valence-electron chi connectivity index (χ4n) is 3.37. The van der Waals surface area contributed by atoms with Crippen LogP contribution in [-0.4, -0.2) is 51.7 Å². The lowest BCUT2D eigenvalue weighted by Crippen LogP contribution is -2.45. The Morgan fingerprint density at radius 1 is 1.15 bits per heavy atom. The van der Waals surface area contributed by atoms with Crippen molar-refractivity contribution in [3.05, 3.63) is 18.2 Å². The molecule has 0 saturated carbocycles. The van der Waals surface area contributed by atoms with E-state index in [9.17, 15) is 9.59 Å². The molecule has 1 aromatic carbocycles. The molecule has 0 aromatic heterocycles. The number of nitrogens with zero attached hydrogens (tertiary/aromatic N) is 1. The zero-order valence-electron chi connectivity index (χ0n) is 15.1. The largest absolute Gasteiger partial charge is 0.497 e. The van der Waals surface area contributed by atoms with Crippen molar-refractivity contribution in [1.29, 1.82) is 0 Å². The first-order valence-electron chi connectivity index (χ1n) is 8.65. The molecule has 2 aliphatic heterocycles. The normalized spacial score (nSPS) is 20.5. The third kappa shape index (κ3) is 4.59. The predicted molar refractivity (Wildman–Crippen MR) is 101 cm³/mol. The molecule has 7 nitrogen and oxygen atoms in total. The number of carbonyl (C=O) groups is 2. The molecule has 0 radical (unpaired) electrons. The van der Waals surface area contributed by atoms with Crippen LogP contribution in [0.15, 0.2) is 18.2 Å². The van der Waals surface area contributed by atoms with Gasteiger partial charge in [0.2, 0.25) is 11.8 Å². The van der Waals surface area contributed by atoms with Crippen LogP contribution in [0.1, 0.15) is 19.3 Å². The summed E-state index contributed by atoms with van der Waals surface area (Å²) in [6.45, 7) is 2.22. The highest BCUT2D eigenvalue weighted by molar-refractivity contribution is 6.00. The fraction of sp³-hybridized carbons (Fsp3) is 0.556. The van der Waals surface area contributed by atoms with Crippen LogP contribution in [0.3, 0.4) is 0 Å². The fourth-order valence-corrected chi connectivity index (χ4v) is 3.37. The van der Waals surface area contributed by atoms with Crippen LogP contribution >= 0.6 is 12.4 Å². The molecule has 2 heterocycles. The van der Waals surface area contributed by atoms with Crippen molar-refractivity contribution < 1.29 is 19.1 Å². The number of amides is 2. The van der Waals surface area contributed by atoms with Gasteiger partial charge >= 0.3 is 0 Å². The van der Waals surface area contributed by atoms with Crippen molar-refractivity contribution in [2.45, 2.75) is 25.3 Å². The minimum absolute atomic E-state index is 0. The topological polar surface area (TPSA) is 79.9 Å². The summed E-state index contributed by atoms with van der Waals surface area (Å²) in [7, 11) is 3.14. The van der Waals surface area contributed by atoms with Gasteiger partial charge in [0.15, 0.2) is 0 Å². The van der Waals surface area contributed by atoms with E-state index in [-0.39, 0.29) is 42.6 Å². The molecular weight excluding hydrogens is 358 g/mol. The number of methoxy groups -OCH3 is 2. The SMILES string of the molecule is COc1cc(OC)cc(N2CC(C(=O)NC3CCNCC3)CC2=O)c1.Cl. The summed E-state index contributed by atoms with van der Waals surface area (Å²) in [5, 5.41) is 6.37. The minimum atomic E-state index is -0.320. The molecule has 2 amide bonds. The maximum atomic E-state index is 12.5. The van der Waals surface area contributed by atoms with Gasteiger partial charge in [0, 0.05) is 37.2 Å². The standard InChI is InChI=1S/C18H25N3O4.ClH/c1-24-15-8-14(9-16(10-15)25-2)21-11-12(7-17(21)22)18(23)20-13-3-5-19-6-4-13;/h8-10,12-13,19H,3-7,11H2,1-2H3,(H,20,23);1H. The van der Waals surface area contributed by atoms with Gasteiger partial charge in [-0.05, 0) is 25.9 Å². The molecule has 2 saturated heterocycles. The van der Waals surface area contributed by atoms with Crippen LogP contribution in [0, 0.1) is 5.92 Å². The number of rotatable bonds is 5. The molecule has 2 N–H and O–H groups in total. The second-order valence-electron chi connectivity index (χ2n) is 6.51. The monoisotopic (exact) mass is 383 g/mol. The molecular formula is C18H26ClN3O4. The van der Waals surface area contributed by atoms with E-state index in [0.717, 1.165) is 25.9 Å². The van der Waals surface area contributed by atoms with Crippen LogP contribution in [0.2, 0.25) is 0 Å². The van der Waals surface area contributed by atoms with Gasteiger partial charge in [0.25, 0.3) is 0 Å². The van der Waals surface area contributed by atoms with E-state index in [4.69, 9.17) is 9.47 Å². The van der Waals surface area contributed by atoms with Gasteiger partial charge in [-0.3, -0.25) is 9.59 Å². The van der Waals surface area contributed by atoms with Crippen molar-refractivity contribution in [1.82, 2.24) is 10.6 Å². The Balaban J connectivity index is 0.00000243. The van der Waals surface area contributed by atoms with Gasteiger partial charge in [-0.15, -0.1) is 12.4 Å². The Morgan fingerprint density at radius 3 is 2.35 bits per heavy atom. The van der Waals surface area contributed by atoms with Crippen LogP contribution in [0.4, 0.5) is 5.69 Å². The number of hydrogen-bond donors (Lipinski definition) is 2. The van der Waals surface area contributed by atoms with E-state index in [0.29, 0.717) is 23.7 Å². The zero-order valence-corrected chi connectivity index (χ0v) is 15.9. The molecule has 1 atom stereocenters. The number of halogens is 1. The van der Waals surface area contributed by atoms with Gasteiger partial charge in [-0.1, -0.05) is 0 Å². The maximum absolute atomic E-state index is 12.5. The van der Waals surface area contributed by atoms with Crippen LogP contribution in [0.25, 0.3) is 0 Å². The van der Waals surface area contributed by atoms with Gasteiger partial charge < -0.3 is 25.0 Å². The first kappa shape index (κ1) is 20.3. The zero-order chi connectivity index (χ0) is 17.8. The Hall–Kier alpha value is -1.99. The highest BCUT2D eigenvalue weighted by Gasteiger charge is 2.36. The number of carbonyl (C=O) groups excluding carboxylic acids is 2. The second-order valence-corrected chi connectivity index (χ2v) is 6.51. The summed E-state index contributed by atoms with van der Waals surface area (Å²) >= 11 is 0. The second kappa shape index (κ2) is 9.09. The van der Waals surface area contributed by atoms with E-state index in [1.165, 1.54) is 0 Å². The lowest BCUT2D eigenvalue weighted by molar-refractivity contribution is -0.127. The van der Waals surface area contributed by atoms with Crippen molar-refractivity contribution in [2.24, 2.45) is 5.92 Å². The number of hydrogen-bond acceptors (Lipinski definition) is 5. The van der Waals surface area contributed by atoms with Gasteiger partial charge in [-0.2, -0.15) is 0 Å². The van der Waals surface area contributed by atoms with Gasteiger partial charge in [0.1, 0.15) is 11.5 Å². The molecule has 1 unspecified atom stereocenters. The first-order chi connectivity index (χ1) is 12.1. The molecule has 8 heteroatoms. The Kier molecular flexibility index (Phi) is 7.11. The molecule has 2 fully saturated rings. The molecule has 0 bridgehead atoms. The number of benzene rings is 1. The van der Waals surface area contributed by atoms with E-state index < -0.39 is 0 Å². The summed E-state index contributed by atoms with van der Waals surface area (Å²) in [6.07, 6.45) is 2.10. The molecule has 0 spiro atoms. The smallest absolute Gasteiger partial charge is 0.227 e. The van der Waals surface area contributed by atoms with Crippen molar-refractivity contribution >= 4 is 29.9 Å². The van der Waals surface area contributed by atoms with E-state index >= 15 is 0 Å². The third-order valence-corrected chi connectivity index (χ3v) is 4.83. The average Bonchev–Trinajstić information content (AvgIpc) is 3.04. The molecule has 0 aliphatic carbocycles. The number of nitrogens with one attached hydrogen (secondary N) is 2. The lowest BCUT2D eigenvalue weighted by Gasteiger charge is -2.25. The molecule has 144 valence electrons. The lowest BCUT2D eigenvalue weighted by atomic mass is 10.0. The van der Waals surface area contributed by atoms with Crippen LogP contribution < -0.4 is 25.0 Å². The minimum Gasteiger partial charge on any atom is -0.497 e. The molecule has 2 aliphatic rings. The van der Waals surface area contributed by atoms with Crippen LogP contribution in [0.5, 0.6) is 11.5 Å². The number of piperidine rings is 1. The average molecular weight is 384 g/mol. The maximum Gasteiger partial charge on any atom is 0.227 e. The van der Waals surface area contributed by atoms with Gasteiger partial charge in [0.05, 0.1) is 25.8 Å². The van der Waals surface area contributed by atoms with Gasteiger partial charge in [-0.25, -0.2) is 0 Å². The summed E-state index contributed by atoms with van der Waals surface area (Å²) in [5.74, 6) is 0.826. The molecule has 26 heavy (non-hydrogen) atoms. The van der Waals surface area contributed by atoms with E-state index in [1.54, 1.807) is 37.3 Å². The summed E-state index contributed by atoms with van der Waals surface area (Å²) in [6, 6.07) is 5.53.